The van der Waals surface area contributed by atoms with Gasteiger partial charge >= 0.3 is 0 Å². The van der Waals surface area contributed by atoms with Crippen LogP contribution in [0.4, 0.5) is 0 Å². The summed E-state index contributed by atoms with van der Waals surface area (Å²) in [5, 5.41) is 6.53. The van der Waals surface area contributed by atoms with Gasteiger partial charge in [-0.15, -0.1) is 0 Å². The minimum Gasteiger partial charge on any atom is -0.454 e. The van der Waals surface area contributed by atoms with Crippen LogP contribution >= 0.6 is 0 Å². The van der Waals surface area contributed by atoms with Gasteiger partial charge in [-0.1, -0.05) is 36.4 Å². The first kappa shape index (κ1) is 16.9. The second-order valence-electron chi connectivity index (χ2n) is 7.85. The summed E-state index contributed by atoms with van der Waals surface area (Å²) in [5.74, 6) is 1.30. The smallest absolute Gasteiger partial charge is 0.268 e. The molecule has 0 spiro atoms. The molecule has 0 fully saturated rings. The zero-order valence-electron chi connectivity index (χ0n) is 15.8. The van der Waals surface area contributed by atoms with Crippen molar-refractivity contribution in [1.29, 1.82) is 0 Å². The third-order valence-electron chi connectivity index (χ3n) is 5.19. The van der Waals surface area contributed by atoms with E-state index in [1.54, 1.807) is 0 Å². The van der Waals surface area contributed by atoms with Crippen molar-refractivity contribution in [1.82, 2.24) is 10.6 Å². The number of amides is 1. The van der Waals surface area contributed by atoms with E-state index < -0.39 is 0 Å². The molecule has 0 aliphatic carbocycles. The first-order valence-electron chi connectivity index (χ1n) is 9.35. The van der Waals surface area contributed by atoms with E-state index in [1.807, 2.05) is 48.5 Å². The maximum Gasteiger partial charge on any atom is 0.268 e. The summed E-state index contributed by atoms with van der Waals surface area (Å²) >= 11 is 0. The molecule has 1 atom stereocenters. The minimum absolute atomic E-state index is 0.115. The van der Waals surface area contributed by atoms with Crippen LogP contribution in [0.3, 0.4) is 0 Å². The van der Waals surface area contributed by atoms with Gasteiger partial charge in [0, 0.05) is 11.1 Å². The van der Waals surface area contributed by atoms with Gasteiger partial charge in [0.15, 0.2) is 11.5 Å². The van der Waals surface area contributed by atoms with Crippen molar-refractivity contribution in [2.45, 2.75) is 25.4 Å². The summed E-state index contributed by atoms with van der Waals surface area (Å²) in [5.41, 5.74) is 3.92. The van der Waals surface area contributed by atoms with Crippen molar-refractivity contribution in [3.63, 3.8) is 0 Å². The van der Waals surface area contributed by atoms with Crippen molar-refractivity contribution in [3.05, 3.63) is 70.9 Å². The summed E-state index contributed by atoms with van der Waals surface area (Å²) in [6, 6.07) is 15.5. The summed E-state index contributed by atoms with van der Waals surface area (Å²) in [6.45, 7) is 4.90. The molecule has 6 nitrogen and oxygen atoms in total. The Bertz CT molecular complexity index is 1020. The topological polar surface area (TPSA) is 72.0 Å². The number of carbonyl (C=O) groups excluding carboxylic acids is 1. The average Bonchev–Trinajstić information content (AvgIpc) is 3.24. The molecule has 142 valence electrons. The molecule has 0 saturated carbocycles. The summed E-state index contributed by atoms with van der Waals surface area (Å²) in [4.78, 5) is 17.8. The molecule has 0 radical (unpaired) electrons. The standard InChI is InChI=1S/C22H21N3O3/c1-22(2)11-23-18(13-6-4-3-5-7-13)17-19(24-21(26)20(17)25-22)14-8-9-15-16(10-14)28-12-27-15/h3-10,19,25H,11-12H2,1-2H3,(H,24,26). The van der Waals surface area contributed by atoms with Crippen LogP contribution in [-0.4, -0.2) is 30.5 Å². The molecule has 2 N–H and O–H groups in total. The van der Waals surface area contributed by atoms with Crippen molar-refractivity contribution in [2.24, 2.45) is 4.99 Å². The van der Waals surface area contributed by atoms with Gasteiger partial charge in [0.1, 0.15) is 5.70 Å². The highest BCUT2D eigenvalue weighted by Crippen LogP contribution is 2.39. The van der Waals surface area contributed by atoms with Gasteiger partial charge in [0.05, 0.1) is 23.8 Å². The molecule has 3 heterocycles. The van der Waals surface area contributed by atoms with Crippen molar-refractivity contribution in [3.8, 4) is 11.5 Å². The first-order chi connectivity index (χ1) is 13.5. The van der Waals surface area contributed by atoms with Crippen LogP contribution in [0.25, 0.3) is 0 Å². The van der Waals surface area contributed by atoms with Crippen LogP contribution in [0.2, 0.25) is 0 Å². The Balaban J connectivity index is 1.66. The van der Waals surface area contributed by atoms with Crippen LogP contribution in [0, 0.1) is 0 Å². The molecule has 28 heavy (non-hydrogen) atoms. The monoisotopic (exact) mass is 375 g/mol. The Kier molecular flexibility index (Phi) is 3.69. The van der Waals surface area contributed by atoms with Crippen LogP contribution in [0.5, 0.6) is 11.5 Å². The van der Waals surface area contributed by atoms with E-state index >= 15 is 0 Å². The van der Waals surface area contributed by atoms with E-state index in [2.05, 4.69) is 24.5 Å². The number of fused-ring (bicyclic) bond motifs is 1. The lowest BCUT2D eigenvalue weighted by atomic mass is 9.92. The number of hydrogen-bond donors (Lipinski definition) is 2. The number of ether oxygens (including phenoxy) is 2. The molecule has 3 aliphatic heterocycles. The average molecular weight is 375 g/mol. The van der Waals surface area contributed by atoms with Gasteiger partial charge in [-0.05, 0) is 31.5 Å². The molecule has 2 aromatic carbocycles. The molecule has 0 aromatic heterocycles. The van der Waals surface area contributed by atoms with Gasteiger partial charge in [-0.25, -0.2) is 0 Å². The Morgan fingerprint density at radius 3 is 2.68 bits per heavy atom. The number of rotatable bonds is 2. The fourth-order valence-corrected chi connectivity index (χ4v) is 3.85. The maximum atomic E-state index is 12.9. The van der Waals surface area contributed by atoms with Gasteiger partial charge in [0.2, 0.25) is 6.79 Å². The Morgan fingerprint density at radius 1 is 1.07 bits per heavy atom. The van der Waals surface area contributed by atoms with E-state index in [4.69, 9.17) is 14.5 Å². The molecule has 1 amide bonds. The Labute approximate surface area is 163 Å². The zero-order valence-corrected chi connectivity index (χ0v) is 15.8. The number of nitrogens with zero attached hydrogens (tertiary/aromatic N) is 1. The highest BCUT2D eigenvalue weighted by atomic mass is 16.7. The van der Waals surface area contributed by atoms with Gasteiger partial charge < -0.3 is 20.1 Å². The second kappa shape index (κ2) is 6.12. The molecule has 3 aliphatic rings. The minimum atomic E-state index is -0.321. The zero-order chi connectivity index (χ0) is 19.3. The van der Waals surface area contributed by atoms with Gasteiger partial charge in [0.25, 0.3) is 5.91 Å². The van der Waals surface area contributed by atoms with E-state index in [-0.39, 0.29) is 24.3 Å². The third kappa shape index (κ3) is 2.72. The highest BCUT2D eigenvalue weighted by Gasteiger charge is 2.40. The van der Waals surface area contributed by atoms with E-state index in [0.29, 0.717) is 18.0 Å². The third-order valence-corrected chi connectivity index (χ3v) is 5.19. The number of carbonyl (C=O) groups is 1. The van der Waals surface area contributed by atoms with Crippen LogP contribution in [0.15, 0.2) is 64.8 Å². The van der Waals surface area contributed by atoms with Crippen molar-refractivity contribution >= 4 is 11.6 Å². The number of hydrogen-bond acceptors (Lipinski definition) is 5. The SMILES string of the molecule is CC1(C)CN=C(c2ccccc2)C2=C(N1)C(=O)NC2c1ccc2c(c1)OCO2. The lowest BCUT2D eigenvalue weighted by Crippen LogP contribution is -2.43. The second-order valence-corrected chi connectivity index (χ2v) is 7.85. The Morgan fingerprint density at radius 2 is 1.86 bits per heavy atom. The molecule has 0 bridgehead atoms. The highest BCUT2D eigenvalue weighted by molar-refractivity contribution is 6.19. The van der Waals surface area contributed by atoms with E-state index in [1.165, 1.54) is 0 Å². The maximum absolute atomic E-state index is 12.9. The fourth-order valence-electron chi connectivity index (χ4n) is 3.85. The quantitative estimate of drug-likeness (QED) is 0.847. The lowest BCUT2D eigenvalue weighted by molar-refractivity contribution is -0.117. The summed E-state index contributed by atoms with van der Waals surface area (Å²) in [7, 11) is 0. The molecule has 2 aromatic rings. The molecular formula is C22H21N3O3. The van der Waals surface area contributed by atoms with E-state index in [9.17, 15) is 4.79 Å². The number of nitrogens with one attached hydrogen (secondary N) is 2. The molecule has 5 rings (SSSR count). The largest absolute Gasteiger partial charge is 0.454 e. The molecule has 0 saturated heterocycles. The van der Waals surface area contributed by atoms with Gasteiger partial charge in [-0.2, -0.15) is 0 Å². The fraction of sp³-hybridized carbons (Fsp3) is 0.273. The summed E-state index contributed by atoms with van der Waals surface area (Å²) in [6.07, 6.45) is 0. The van der Waals surface area contributed by atoms with Crippen LogP contribution in [-0.2, 0) is 4.79 Å². The first-order valence-corrected chi connectivity index (χ1v) is 9.35. The number of benzene rings is 2. The number of aliphatic imine (C=N–C) groups is 1. The van der Waals surface area contributed by atoms with Crippen molar-refractivity contribution in [2.75, 3.05) is 13.3 Å². The van der Waals surface area contributed by atoms with Crippen LogP contribution in [0.1, 0.15) is 31.0 Å². The molecular weight excluding hydrogens is 354 g/mol. The summed E-state index contributed by atoms with van der Waals surface area (Å²) < 4.78 is 11.0. The van der Waals surface area contributed by atoms with Crippen LogP contribution < -0.4 is 20.1 Å². The van der Waals surface area contributed by atoms with E-state index in [0.717, 1.165) is 28.2 Å². The lowest BCUT2D eigenvalue weighted by Gasteiger charge is -2.24. The Hall–Kier alpha value is -3.28. The molecule has 6 heteroatoms. The van der Waals surface area contributed by atoms with Crippen molar-refractivity contribution < 1.29 is 14.3 Å². The predicted molar refractivity (Wildman–Crippen MR) is 106 cm³/mol. The predicted octanol–water partition coefficient (Wildman–Crippen LogP) is 2.71. The normalized spacial score (nSPS) is 22.1. The molecule has 1 unspecified atom stereocenters. The van der Waals surface area contributed by atoms with Gasteiger partial charge in [-0.3, -0.25) is 9.79 Å².